The molecule has 0 unspecified atom stereocenters. The van der Waals surface area contributed by atoms with Crippen molar-refractivity contribution >= 4 is 17.6 Å². The highest BCUT2D eigenvalue weighted by molar-refractivity contribution is 5.92. The quantitative estimate of drug-likeness (QED) is 0.882. The van der Waals surface area contributed by atoms with Crippen LogP contribution in [0.4, 0.5) is 5.82 Å². The van der Waals surface area contributed by atoms with Crippen molar-refractivity contribution in [3.63, 3.8) is 0 Å². The third kappa shape index (κ3) is 3.94. The summed E-state index contributed by atoms with van der Waals surface area (Å²) in [6.45, 7) is 2.50. The van der Waals surface area contributed by atoms with Gasteiger partial charge in [0.2, 0.25) is 0 Å². The molecule has 2 aliphatic rings. The first-order valence-electron chi connectivity index (χ1n) is 9.41. The van der Waals surface area contributed by atoms with E-state index in [9.17, 15) is 9.59 Å². The monoisotopic (exact) mass is 369 g/mol. The molecule has 8 heteroatoms. The molecule has 8 nitrogen and oxygen atoms in total. The maximum Gasteiger partial charge on any atom is 0.289 e. The fourth-order valence-corrected chi connectivity index (χ4v) is 3.63. The highest BCUT2D eigenvalue weighted by Crippen LogP contribution is 2.18. The lowest BCUT2D eigenvalue weighted by molar-refractivity contribution is 0.0714. The van der Waals surface area contributed by atoms with Gasteiger partial charge in [-0.15, -0.1) is 0 Å². The zero-order valence-corrected chi connectivity index (χ0v) is 15.1. The van der Waals surface area contributed by atoms with Crippen LogP contribution in [0.5, 0.6) is 0 Å². The Morgan fingerprint density at radius 2 is 1.85 bits per heavy atom. The van der Waals surface area contributed by atoms with E-state index in [1.54, 1.807) is 23.2 Å². The van der Waals surface area contributed by atoms with Gasteiger partial charge in [0.1, 0.15) is 11.5 Å². The van der Waals surface area contributed by atoms with Gasteiger partial charge >= 0.3 is 0 Å². The number of nitrogens with zero attached hydrogens (tertiary/aromatic N) is 4. The van der Waals surface area contributed by atoms with E-state index in [1.807, 2.05) is 0 Å². The van der Waals surface area contributed by atoms with Gasteiger partial charge in [0.05, 0.1) is 18.7 Å². The van der Waals surface area contributed by atoms with E-state index >= 15 is 0 Å². The third-order valence-corrected chi connectivity index (χ3v) is 5.18. The van der Waals surface area contributed by atoms with Crippen molar-refractivity contribution in [1.29, 1.82) is 0 Å². The predicted octanol–water partition coefficient (Wildman–Crippen LogP) is 1.70. The lowest BCUT2D eigenvalue weighted by atomic mass is 10.2. The van der Waals surface area contributed by atoms with Gasteiger partial charge in [-0.05, 0) is 25.0 Å². The molecule has 0 atom stereocenters. The Balaban J connectivity index is 1.32. The van der Waals surface area contributed by atoms with Gasteiger partial charge in [-0.3, -0.25) is 9.59 Å². The normalized spacial score (nSPS) is 17.9. The molecule has 3 heterocycles. The zero-order chi connectivity index (χ0) is 18.6. The molecule has 27 heavy (non-hydrogen) atoms. The van der Waals surface area contributed by atoms with Crippen LogP contribution < -0.4 is 10.2 Å². The van der Waals surface area contributed by atoms with Gasteiger partial charge in [0.15, 0.2) is 5.76 Å². The van der Waals surface area contributed by atoms with Crippen LogP contribution in [-0.2, 0) is 0 Å². The molecular weight excluding hydrogens is 346 g/mol. The molecule has 1 saturated carbocycles. The van der Waals surface area contributed by atoms with Crippen molar-refractivity contribution in [2.45, 2.75) is 31.7 Å². The second kappa shape index (κ2) is 7.77. The topological polar surface area (TPSA) is 91.6 Å². The molecule has 1 N–H and O–H groups in total. The molecule has 142 valence electrons. The second-order valence-corrected chi connectivity index (χ2v) is 6.97. The number of carbonyl (C=O) groups is 2. The first kappa shape index (κ1) is 17.5. The van der Waals surface area contributed by atoms with Crippen molar-refractivity contribution < 1.29 is 14.0 Å². The van der Waals surface area contributed by atoms with Crippen LogP contribution in [0.1, 0.15) is 46.7 Å². The zero-order valence-electron chi connectivity index (χ0n) is 15.1. The average molecular weight is 369 g/mol. The van der Waals surface area contributed by atoms with Crippen LogP contribution in [0.3, 0.4) is 0 Å². The Bertz CT molecular complexity index is 776. The number of nitrogens with one attached hydrogen (secondary N) is 1. The van der Waals surface area contributed by atoms with Crippen LogP contribution in [-0.4, -0.2) is 58.9 Å². The minimum atomic E-state index is -0.158. The molecule has 2 amide bonds. The Kier molecular flexibility index (Phi) is 5.04. The van der Waals surface area contributed by atoms with Gasteiger partial charge in [-0.1, -0.05) is 12.8 Å². The first-order chi connectivity index (χ1) is 13.2. The number of anilines is 1. The summed E-state index contributed by atoms with van der Waals surface area (Å²) < 4.78 is 5.18. The maximum absolute atomic E-state index is 12.3. The molecule has 0 aromatic carbocycles. The highest BCUT2D eigenvalue weighted by Gasteiger charge is 2.25. The molecular formula is C19H23N5O3. The predicted molar refractivity (Wildman–Crippen MR) is 98.6 cm³/mol. The number of carbonyl (C=O) groups excluding carboxylic acids is 2. The molecule has 1 aliphatic heterocycles. The number of hydrogen-bond donors (Lipinski definition) is 1. The van der Waals surface area contributed by atoms with Gasteiger partial charge in [-0.25, -0.2) is 9.97 Å². The lowest BCUT2D eigenvalue weighted by Crippen LogP contribution is -2.49. The summed E-state index contributed by atoms with van der Waals surface area (Å²) in [5.74, 6) is 0.831. The molecule has 0 spiro atoms. The summed E-state index contributed by atoms with van der Waals surface area (Å²) in [7, 11) is 0. The minimum Gasteiger partial charge on any atom is -0.459 e. The van der Waals surface area contributed by atoms with Crippen molar-refractivity contribution in [1.82, 2.24) is 20.2 Å². The number of amides is 2. The Hall–Kier alpha value is -2.90. The third-order valence-electron chi connectivity index (χ3n) is 5.18. The molecule has 1 saturated heterocycles. The van der Waals surface area contributed by atoms with Crippen molar-refractivity contribution in [3.05, 3.63) is 42.2 Å². The van der Waals surface area contributed by atoms with Crippen molar-refractivity contribution in [2.24, 2.45) is 0 Å². The Morgan fingerprint density at radius 1 is 1.07 bits per heavy atom. The molecule has 4 rings (SSSR count). The van der Waals surface area contributed by atoms with E-state index < -0.39 is 0 Å². The van der Waals surface area contributed by atoms with E-state index in [-0.39, 0.29) is 17.9 Å². The number of rotatable bonds is 4. The summed E-state index contributed by atoms with van der Waals surface area (Å²) in [5.41, 5.74) is 0.345. The number of piperazine rings is 1. The fourth-order valence-electron chi connectivity index (χ4n) is 3.63. The fraction of sp³-hybridized carbons (Fsp3) is 0.474. The maximum atomic E-state index is 12.3. The van der Waals surface area contributed by atoms with E-state index in [4.69, 9.17) is 4.42 Å². The molecule has 0 radical (unpaired) electrons. The number of aromatic nitrogens is 2. The van der Waals surface area contributed by atoms with Crippen LogP contribution in [0.15, 0.2) is 35.2 Å². The molecule has 1 aliphatic carbocycles. The number of hydrogen-bond acceptors (Lipinski definition) is 6. The van der Waals surface area contributed by atoms with Crippen LogP contribution in [0.2, 0.25) is 0 Å². The smallest absolute Gasteiger partial charge is 0.289 e. The molecule has 2 fully saturated rings. The number of furan rings is 1. The lowest BCUT2D eigenvalue weighted by Gasteiger charge is -2.34. The summed E-state index contributed by atoms with van der Waals surface area (Å²) in [5, 5.41) is 3.02. The second-order valence-electron chi connectivity index (χ2n) is 6.97. The summed E-state index contributed by atoms with van der Waals surface area (Å²) in [4.78, 5) is 37.1. The highest BCUT2D eigenvalue weighted by atomic mass is 16.3. The SMILES string of the molecule is O=C(NC1CCCC1)c1cnc(N2CCN(C(=O)c3ccco3)CC2)cn1. The standard InChI is InChI=1S/C19H23N5O3/c25-18(22-14-4-1-2-5-14)15-12-21-17(13-20-15)23-7-9-24(10-8-23)19(26)16-6-3-11-27-16/h3,6,11-14H,1-2,4-5,7-10H2,(H,22,25). The molecule has 2 aromatic heterocycles. The van der Waals surface area contributed by atoms with Gasteiger partial charge in [0.25, 0.3) is 11.8 Å². The largest absolute Gasteiger partial charge is 0.459 e. The van der Waals surface area contributed by atoms with Gasteiger partial charge in [-0.2, -0.15) is 0 Å². The van der Waals surface area contributed by atoms with Gasteiger partial charge in [0, 0.05) is 32.2 Å². The van der Waals surface area contributed by atoms with Crippen molar-refractivity contribution in [3.8, 4) is 0 Å². The summed E-state index contributed by atoms with van der Waals surface area (Å²) >= 11 is 0. The Morgan fingerprint density at radius 3 is 2.48 bits per heavy atom. The first-order valence-corrected chi connectivity index (χ1v) is 9.41. The van der Waals surface area contributed by atoms with Crippen LogP contribution >= 0.6 is 0 Å². The molecule has 2 aromatic rings. The van der Waals surface area contributed by atoms with E-state index in [0.717, 1.165) is 18.7 Å². The molecule has 0 bridgehead atoms. The van der Waals surface area contributed by atoms with E-state index in [1.165, 1.54) is 25.3 Å². The minimum absolute atomic E-state index is 0.0929. The van der Waals surface area contributed by atoms with Gasteiger partial charge < -0.3 is 19.5 Å². The summed E-state index contributed by atoms with van der Waals surface area (Å²) in [6, 6.07) is 3.65. The van der Waals surface area contributed by atoms with E-state index in [2.05, 4.69) is 20.2 Å². The van der Waals surface area contributed by atoms with Crippen molar-refractivity contribution in [2.75, 3.05) is 31.1 Å². The van der Waals surface area contributed by atoms with Crippen LogP contribution in [0.25, 0.3) is 0 Å². The van der Waals surface area contributed by atoms with E-state index in [0.29, 0.717) is 37.6 Å². The average Bonchev–Trinajstić information content (AvgIpc) is 3.42. The van der Waals surface area contributed by atoms with Crippen LogP contribution in [0, 0.1) is 0 Å². The summed E-state index contributed by atoms with van der Waals surface area (Å²) in [6.07, 6.45) is 9.08. The Labute approximate surface area is 157 Å².